The van der Waals surface area contributed by atoms with E-state index in [4.69, 9.17) is 4.74 Å². The molecular formula is C18H20BrNO. The molecule has 21 heavy (non-hydrogen) atoms. The molecule has 0 aliphatic heterocycles. The van der Waals surface area contributed by atoms with Crippen LogP contribution >= 0.6 is 15.9 Å². The van der Waals surface area contributed by atoms with E-state index in [-0.39, 0.29) is 0 Å². The predicted octanol–water partition coefficient (Wildman–Crippen LogP) is 5.06. The zero-order valence-electron chi connectivity index (χ0n) is 12.2. The maximum atomic E-state index is 6.02. The van der Waals surface area contributed by atoms with Gasteiger partial charge < -0.3 is 10.1 Å². The number of rotatable bonds is 6. The average Bonchev–Trinajstić information content (AvgIpc) is 3.31. The van der Waals surface area contributed by atoms with E-state index in [0.717, 1.165) is 35.0 Å². The summed E-state index contributed by atoms with van der Waals surface area (Å²) in [6.07, 6.45) is 3.60. The van der Waals surface area contributed by atoms with Crippen molar-refractivity contribution in [2.45, 2.75) is 38.8 Å². The molecule has 3 heteroatoms. The first-order valence-electron chi connectivity index (χ1n) is 7.54. The number of hydrogen-bond donors (Lipinski definition) is 1. The first-order chi connectivity index (χ1) is 10.3. The molecule has 0 atom stereocenters. The molecule has 0 unspecified atom stereocenters. The number of benzene rings is 2. The standard InChI is InChI=1S/C18H20BrNO/c1-2-13-5-3-4-6-18(13)21-16-10-7-14(17(19)11-16)12-20-15-8-9-15/h3-7,10-11,15,20H,2,8-9,12H2,1H3. The summed E-state index contributed by atoms with van der Waals surface area (Å²) < 4.78 is 7.12. The summed E-state index contributed by atoms with van der Waals surface area (Å²) >= 11 is 3.65. The normalized spacial score (nSPS) is 14.2. The molecule has 1 fully saturated rings. The van der Waals surface area contributed by atoms with E-state index < -0.39 is 0 Å². The predicted molar refractivity (Wildman–Crippen MR) is 89.9 cm³/mol. The fourth-order valence-electron chi connectivity index (χ4n) is 2.30. The van der Waals surface area contributed by atoms with Crippen LogP contribution in [0.2, 0.25) is 0 Å². The Morgan fingerprint density at radius 2 is 1.95 bits per heavy atom. The van der Waals surface area contributed by atoms with Gasteiger partial charge in [0.05, 0.1) is 0 Å². The van der Waals surface area contributed by atoms with E-state index >= 15 is 0 Å². The molecule has 1 aliphatic rings. The second-order valence-corrected chi connectivity index (χ2v) is 6.33. The Morgan fingerprint density at radius 1 is 1.14 bits per heavy atom. The van der Waals surface area contributed by atoms with Crippen molar-refractivity contribution in [1.29, 1.82) is 0 Å². The Kier molecular flexibility index (Phi) is 4.61. The number of hydrogen-bond acceptors (Lipinski definition) is 2. The topological polar surface area (TPSA) is 21.3 Å². The third kappa shape index (κ3) is 3.86. The molecule has 1 aliphatic carbocycles. The quantitative estimate of drug-likeness (QED) is 0.790. The monoisotopic (exact) mass is 345 g/mol. The molecule has 110 valence electrons. The maximum absolute atomic E-state index is 6.02. The van der Waals surface area contributed by atoms with Crippen molar-refractivity contribution in [3.05, 3.63) is 58.1 Å². The van der Waals surface area contributed by atoms with E-state index in [1.807, 2.05) is 24.3 Å². The molecule has 0 amide bonds. The Hall–Kier alpha value is -1.32. The van der Waals surface area contributed by atoms with Crippen LogP contribution in [0.4, 0.5) is 0 Å². The molecule has 0 radical (unpaired) electrons. The highest BCUT2D eigenvalue weighted by atomic mass is 79.9. The number of nitrogens with one attached hydrogen (secondary N) is 1. The maximum Gasteiger partial charge on any atom is 0.130 e. The van der Waals surface area contributed by atoms with Gasteiger partial charge >= 0.3 is 0 Å². The summed E-state index contributed by atoms with van der Waals surface area (Å²) in [5.74, 6) is 1.81. The van der Waals surface area contributed by atoms with Crippen molar-refractivity contribution in [3.63, 3.8) is 0 Å². The lowest BCUT2D eigenvalue weighted by molar-refractivity contribution is 0.476. The smallest absolute Gasteiger partial charge is 0.130 e. The molecule has 2 aromatic carbocycles. The van der Waals surface area contributed by atoms with Crippen molar-refractivity contribution in [2.24, 2.45) is 0 Å². The van der Waals surface area contributed by atoms with Crippen LogP contribution in [0.3, 0.4) is 0 Å². The second kappa shape index (κ2) is 6.63. The van der Waals surface area contributed by atoms with E-state index in [9.17, 15) is 0 Å². The van der Waals surface area contributed by atoms with Gasteiger partial charge in [0.25, 0.3) is 0 Å². The third-order valence-corrected chi connectivity index (χ3v) is 4.50. The molecule has 0 saturated heterocycles. The van der Waals surface area contributed by atoms with Crippen LogP contribution in [0.1, 0.15) is 30.9 Å². The molecule has 1 saturated carbocycles. The molecule has 0 bridgehead atoms. The van der Waals surface area contributed by atoms with Gasteiger partial charge in [-0.25, -0.2) is 0 Å². The number of aryl methyl sites for hydroxylation is 1. The van der Waals surface area contributed by atoms with Crippen LogP contribution in [0.15, 0.2) is 46.9 Å². The van der Waals surface area contributed by atoms with Crippen LogP contribution in [0.5, 0.6) is 11.5 Å². The van der Waals surface area contributed by atoms with Crippen LogP contribution in [-0.2, 0) is 13.0 Å². The zero-order chi connectivity index (χ0) is 14.7. The minimum atomic E-state index is 0.726. The SMILES string of the molecule is CCc1ccccc1Oc1ccc(CNC2CC2)c(Br)c1. The van der Waals surface area contributed by atoms with Crippen LogP contribution in [-0.4, -0.2) is 6.04 Å². The Labute approximate surface area is 134 Å². The van der Waals surface area contributed by atoms with Crippen molar-refractivity contribution in [1.82, 2.24) is 5.32 Å². The first kappa shape index (κ1) is 14.6. The lowest BCUT2D eigenvalue weighted by atomic mass is 10.1. The van der Waals surface area contributed by atoms with Crippen LogP contribution in [0, 0.1) is 0 Å². The minimum Gasteiger partial charge on any atom is -0.457 e. The van der Waals surface area contributed by atoms with Gasteiger partial charge in [0.2, 0.25) is 0 Å². The Morgan fingerprint density at radius 3 is 2.67 bits per heavy atom. The van der Waals surface area contributed by atoms with Gasteiger partial charge in [0.1, 0.15) is 11.5 Å². The molecule has 3 rings (SSSR count). The van der Waals surface area contributed by atoms with Crippen molar-refractivity contribution < 1.29 is 4.74 Å². The number of ether oxygens (including phenoxy) is 1. The fraction of sp³-hybridized carbons (Fsp3) is 0.333. The van der Waals surface area contributed by atoms with Gasteiger partial charge in [-0.3, -0.25) is 0 Å². The molecule has 2 aromatic rings. The van der Waals surface area contributed by atoms with E-state index in [1.165, 1.54) is 24.0 Å². The molecule has 0 heterocycles. The highest BCUT2D eigenvalue weighted by Crippen LogP contribution is 2.30. The number of para-hydroxylation sites is 1. The highest BCUT2D eigenvalue weighted by Gasteiger charge is 2.20. The average molecular weight is 346 g/mol. The van der Waals surface area contributed by atoms with Gasteiger partial charge in [-0.1, -0.05) is 47.1 Å². The summed E-state index contributed by atoms with van der Waals surface area (Å²) in [4.78, 5) is 0. The van der Waals surface area contributed by atoms with Gasteiger partial charge in [-0.05, 0) is 48.6 Å². The molecule has 0 spiro atoms. The van der Waals surface area contributed by atoms with Gasteiger partial charge in [-0.15, -0.1) is 0 Å². The Balaban J connectivity index is 1.71. The second-order valence-electron chi connectivity index (χ2n) is 5.47. The number of halogens is 1. The lowest BCUT2D eigenvalue weighted by Crippen LogP contribution is -2.15. The lowest BCUT2D eigenvalue weighted by Gasteiger charge is -2.12. The molecule has 1 N–H and O–H groups in total. The van der Waals surface area contributed by atoms with Gasteiger partial charge in [0.15, 0.2) is 0 Å². The fourth-order valence-corrected chi connectivity index (χ4v) is 2.80. The van der Waals surface area contributed by atoms with Gasteiger partial charge in [0, 0.05) is 17.1 Å². The van der Waals surface area contributed by atoms with Crippen molar-refractivity contribution in [2.75, 3.05) is 0 Å². The highest BCUT2D eigenvalue weighted by molar-refractivity contribution is 9.10. The minimum absolute atomic E-state index is 0.726. The summed E-state index contributed by atoms with van der Waals surface area (Å²) in [5.41, 5.74) is 2.51. The summed E-state index contributed by atoms with van der Waals surface area (Å²) in [6, 6.07) is 15.1. The molecular weight excluding hydrogens is 326 g/mol. The summed E-state index contributed by atoms with van der Waals surface area (Å²) in [7, 11) is 0. The largest absolute Gasteiger partial charge is 0.457 e. The third-order valence-electron chi connectivity index (χ3n) is 3.76. The summed E-state index contributed by atoms with van der Waals surface area (Å²) in [6.45, 7) is 3.06. The zero-order valence-corrected chi connectivity index (χ0v) is 13.8. The Bertz CT molecular complexity index is 622. The van der Waals surface area contributed by atoms with Gasteiger partial charge in [-0.2, -0.15) is 0 Å². The van der Waals surface area contributed by atoms with E-state index in [1.54, 1.807) is 0 Å². The van der Waals surface area contributed by atoms with Crippen molar-refractivity contribution >= 4 is 15.9 Å². The van der Waals surface area contributed by atoms with Crippen molar-refractivity contribution in [3.8, 4) is 11.5 Å². The molecule has 0 aromatic heterocycles. The molecule has 2 nitrogen and oxygen atoms in total. The van der Waals surface area contributed by atoms with Crippen LogP contribution in [0.25, 0.3) is 0 Å². The van der Waals surface area contributed by atoms with E-state index in [2.05, 4.69) is 46.4 Å². The first-order valence-corrected chi connectivity index (χ1v) is 8.33. The summed E-state index contributed by atoms with van der Waals surface area (Å²) in [5, 5.41) is 3.53. The van der Waals surface area contributed by atoms with E-state index in [0.29, 0.717) is 0 Å². The van der Waals surface area contributed by atoms with Crippen LogP contribution < -0.4 is 10.1 Å².